The number of nitrogens with one attached hydrogen (secondary N) is 1. The predicted octanol–water partition coefficient (Wildman–Crippen LogP) is 2.09. The summed E-state index contributed by atoms with van der Waals surface area (Å²) >= 11 is 0. The van der Waals surface area contributed by atoms with Crippen molar-refractivity contribution in [3.05, 3.63) is 35.4 Å². The molecule has 1 heterocycles. The Morgan fingerprint density at radius 1 is 1.24 bits per heavy atom. The number of aromatic nitrogens is 2. The third-order valence-electron chi connectivity index (χ3n) is 5.02. The van der Waals surface area contributed by atoms with Gasteiger partial charge in [0.05, 0.1) is 20.1 Å². The fraction of sp³-hybridized carbons (Fsp3) is 0.478. The van der Waals surface area contributed by atoms with Gasteiger partial charge in [-0.1, -0.05) is 37.6 Å². The maximum Gasteiger partial charge on any atom is 0.320 e. The molecule has 0 aliphatic rings. The number of anilines is 3. The summed E-state index contributed by atoms with van der Waals surface area (Å²) in [5.74, 6) is 0.321. The van der Waals surface area contributed by atoms with E-state index in [0.717, 1.165) is 30.4 Å². The topological polar surface area (TPSA) is 123 Å². The SMILES string of the molecule is CCCCOc1nc(N)c(NC)c(N(C=O)CCN(C)Cc2cccc(CC(=O)OC)c2)n1. The molecule has 1 aromatic carbocycles. The molecule has 0 unspecified atom stereocenters. The normalized spacial score (nSPS) is 10.7. The molecule has 180 valence electrons. The molecular weight excluding hydrogens is 424 g/mol. The summed E-state index contributed by atoms with van der Waals surface area (Å²) in [7, 11) is 5.04. The lowest BCUT2D eigenvalue weighted by molar-refractivity contribution is -0.139. The van der Waals surface area contributed by atoms with Gasteiger partial charge in [0.1, 0.15) is 5.69 Å². The fourth-order valence-corrected chi connectivity index (χ4v) is 3.22. The van der Waals surface area contributed by atoms with Crippen molar-refractivity contribution in [1.82, 2.24) is 14.9 Å². The van der Waals surface area contributed by atoms with E-state index in [1.807, 2.05) is 31.3 Å². The van der Waals surface area contributed by atoms with Crippen LogP contribution in [0, 0.1) is 0 Å². The number of esters is 1. The smallest absolute Gasteiger partial charge is 0.320 e. The first-order valence-corrected chi connectivity index (χ1v) is 10.9. The van der Waals surface area contributed by atoms with Crippen LogP contribution < -0.4 is 20.7 Å². The fourth-order valence-electron chi connectivity index (χ4n) is 3.22. The van der Waals surface area contributed by atoms with E-state index in [1.54, 1.807) is 7.05 Å². The molecule has 1 amide bonds. The summed E-state index contributed by atoms with van der Waals surface area (Å²) < 4.78 is 10.3. The van der Waals surface area contributed by atoms with Crippen LogP contribution in [0.15, 0.2) is 24.3 Å². The van der Waals surface area contributed by atoms with E-state index in [4.69, 9.17) is 15.2 Å². The van der Waals surface area contributed by atoms with E-state index < -0.39 is 0 Å². The molecule has 2 aromatic rings. The number of carbonyl (C=O) groups excluding carboxylic acids is 2. The number of likely N-dealkylation sites (N-methyl/N-ethyl adjacent to an activating group) is 1. The highest BCUT2D eigenvalue weighted by Gasteiger charge is 2.19. The van der Waals surface area contributed by atoms with Crippen LogP contribution in [-0.2, 0) is 27.3 Å². The van der Waals surface area contributed by atoms with Gasteiger partial charge >= 0.3 is 12.0 Å². The first-order valence-electron chi connectivity index (χ1n) is 10.9. The van der Waals surface area contributed by atoms with Crippen molar-refractivity contribution in [2.45, 2.75) is 32.7 Å². The number of unbranched alkanes of at least 4 members (excludes halogenated alkanes) is 1. The van der Waals surface area contributed by atoms with E-state index in [2.05, 4.69) is 27.1 Å². The van der Waals surface area contributed by atoms with Crippen molar-refractivity contribution in [2.75, 3.05) is 56.9 Å². The molecule has 1 aromatic heterocycles. The van der Waals surface area contributed by atoms with Gasteiger partial charge in [0.2, 0.25) is 6.41 Å². The zero-order valence-corrected chi connectivity index (χ0v) is 19.8. The van der Waals surface area contributed by atoms with Crippen LogP contribution in [0.3, 0.4) is 0 Å². The quantitative estimate of drug-likeness (QED) is 0.249. The third kappa shape index (κ3) is 7.90. The standard InChI is InChI=1S/C23H34N6O4/c1-5-6-12-33-23-26-21(24)20(25-2)22(27-23)29(16-30)11-10-28(3)15-18-9-7-8-17(13-18)14-19(31)32-4/h7-9,13,16,25H,5-6,10-12,14-15H2,1-4H3,(H2,24,26,27). The second-order valence-electron chi connectivity index (χ2n) is 7.65. The van der Waals surface area contributed by atoms with Crippen LogP contribution in [0.25, 0.3) is 0 Å². The maximum absolute atomic E-state index is 11.9. The molecule has 2 rings (SSSR count). The summed E-state index contributed by atoms with van der Waals surface area (Å²) in [6.45, 7) is 4.17. The van der Waals surface area contributed by atoms with Gasteiger partial charge in [-0.2, -0.15) is 9.97 Å². The molecule has 10 heteroatoms. The summed E-state index contributed by atoms with van der Waals surface area (Å²) in [6.07, 6.45) is 2.81. The zero-order chi connectivity index (χ0) is 24.2. The Morgan fingerprint density at radius 2 is 2.00 bits per heavy atom. The van der Waals surface area contributed by atoms with Crippen LogP contribution in [0.5, 0.6) is 6.01 Å². The highest BCUT2D eigenvalue weighted by atomic mass is 16.5. The average Bonchev–Trinajstić information content (AvgIpc) is 2.79. The van der Waals surface area contributed by atoms with E-state index in [-0.39, 0.29) is 24.2 Å². The van der Waals surface area contributed by atoms with Crippen LogP contribution in [-0.4, -0.2) is 68.1 Å². The Labute approximate surface area is 195 Å². The molecule has 0 saturated carbocycles. The first kappa shape index (κ1) is 25.9. The molecule has 0 atom stereocenters. The van der Waals surface area contributed by atoms with E-state index in [1.165, 1.54) is 12.0 Å². The number of rotatable bonds is 14. The lowest BCUT2D eigenvalue weighted by atomic mass is 10.1. The van der Waals surface area contributed by atoms with E-state index in [0.29, 0.717) is 37.7 Å². The van der Waals surface area contributed by atoms with Gasteiger partial charge in [-0.3, -0.25) is 14.5 Å². The molecule has 0 spiro atoms. The van der Waals surface area contributed by atoms with Gasteiger partial charge in [-0.25, -0.2) is 0 Å². The summed E-state index contributed by atoms with van der Waals surface area (Å²) in [4.78, 5) is 35.6. The highest BCUT2D eigenvalue weighted by molar-refractivity contribution is 5.85. The van der Waals surface area contributed by atoms with Crippen LogP contribution in [0.4, 0.5) is 17.3 Å². The molecule has 3 N–H and O–H groups in total. The minimum absolute atomic E-state index is 0.151. The Balaban J connectivity index is 2.06. The van der Waals surface area contributed by atoms with Gasteiger partial charge in [0.15, 0.2) is 11.6 Å². The molecular formula is C23H34N6O4. The molecule has 33 heavy (non-hydrogen) atoms. The number of ether oxygens (including phenoxy) is 2. The Kier molecular flexibility index (Phi) is 10.4. The van der Waals surface area contributed by atoms with Gasteiger partial charge in [-0.05, 0) is 24.6 Å². The largest absolute Gasteiger partial charge is 0.469 e. The van der Waals surface area contributed by atoms with Crippen LogP contribution >= 0.6 is 0 Å². The predicted molar refractivity (Wildman–Crippen MR) is 128 cm³/mol. The van der Waals surface area contributed by atoms with Crippen molar-refractivity contribution in [1.29, 1.82) is 0 Å². The minimum atomic E-state index is -0.273. The molecule has 10 nitrogen and oxygen atoms in total. The summed E-state index contributed by atoms with van der Waals surface area (Å²) in [6, 6.07) is 7.95. The Bertz CT molecular complexity index is 924. The number of hydrogen-bond acceptors (Lipinski definition) is 9. The van der Waals surface area contributed by atoms with Crippen molar-refractivity contribution in [3.63, 3.8) is 0 Å². The van der Waals surface area contributed by atoms with Crippen molar-refractivity contribution in [3.8, 4) is 6.01 Å². The number of carbonyl (C=O) groups is 2. The van der Waals surface area contributed by atoms with E-state index >= 15 is 0 Å². The van der Waals surface area contributed by atoms with Crippen molar-refractivity contribution in [2.24, 2.45) is 0 Å². The Morgan fingerprint density at radius 3 is 2.67 bits per heavy atom. The van der Waals surface area contributed by atoms with Crippen molar-refractivity contribution < 1.29 is 19.1 Å². The number of benzene rings is 1. The van der Waals surface area contributed by atoms with Crippen LogP contribution in [0.2, 0.25) is 0 Å². The average molecular weight is 459 g/mol. The van der Waals surface area contributed by atoms with E-state index in [9.17, 15) is 9.59 Å². The highest BCUT2D eigenvalue weighted by Crippen LogP contribution is 2.29. The maximum atomic E-state index is 11.9. The monoisotopic (exact) mass is 458 g/mol. The second kappa shape index (κ2) is 13.2. The number of nitrogens with zero attached hydrogens (tertiary/aromatic N) is 4. The number of methoxy groups -OCH3 is 1. The molecule has 0 radical (unpaired) electrons. The molecule has 0 saturated heterocycles. The number of nitrogen functional groups attached to an aromatic ring is 1. The molecule has 0 aliphatic heterocycles. The summed E-state index contributed by atoms with van der Waals surface area (Å²) in [5, 5.41) is 2.97. The third-order valence-corrected chi connectivity index (χ3v) is 5.02. The second-order valence-corrected chi connectivity index (χ2v) is 7.65. The van der Waals surface area contributed by atoms with Gasteiger partial charge < -0.3 is 25.4 Å². The molecule has 0 aliphatic carbocycles. The minimum Gasteiger partial charge on any atom is -0.469 e. The van der Waals surface area contributed by atoms with Gasteiger partial charge in [0.25, 0.3) is 0 Å². The lowest BCUT2D eigenvalue weighted by Crippen LogP contribution is -2.33. The Hall–Kier alpha value is -3.40. The summed E-state index contributed by atoms with van der Waals surface area (Å²) in [5.41, 5.74) is 8.50. The van der Waals surface area contributed by atoms with Crippen LogP contribution in [0.1, 0.15) is 30.9 Å². The molecule has 0 bridgehead atoms. The number of amides is 1. The lowest BCUT2D eigenvalue weighted by Gasteiger charge is -2.24. The molecule has 0 fully saturated rings. The number of nitrogens with two attached hydrogens (primary N) is 1. The van der Waals surface area contributed by atoms with Gasteiger partial charge in [-0.15, -0.1) is 0 Å². The zero-order valence-electron chi connectivity index (χ0n) is 19.8. The number of hydrogen-bond donors (Lipinski definition) is 2. The van der Waals surface area contributed by atoms with Gasteiger partial charge in [0, 0.05) is 26.7 Å². The van der Waals surface area contributed by atoms with Crippen molar-refractivity contribution >= 4 is 29.7 Å². The first-order chi connectivity index (χ1) is 15.9.